The van der Waals surface area contributed by atoms with Crippen LogP contribution in [-0.2, 0) is 6.54 Å². The molecule has 1 aliphatic heterocycles. The number of fused-ring (bicyclic) bond motifs is 1. The Labute approximate surface area is 121 Å². The molecular formula is C16H21ClN2. The van der Waals surface area contributed by atoms with E-state index in [9.17, 15) is 0 Å². The van der Waals surface area contributed by atoms with Gasteiger partial charge >= 0.3 is 0 Å². The van der Waals surface area contributed by atoms with Crippen molar-refractivity contribution in [2.45, 2.75) is 13.0 Å². The monoisotopic (exact) mass is 276 g/mol. The molecule has 0 saturated carbocycles. The maximum atomic E-state index is 5.75. The van der Waals surface area contributed by atoms with E-state index in [4.69, 9.17) is 5.73 Å². The van der Waals surface area contributed by atoms with E-state index < -0.39 is 0 Å². The molecule has 3 heteroatoms. The predicted molar refractivity (Wildman–Crippen MR) is 83.6 cm³/mol. The van der Waals surface area contributed by atoms with Crippen LogP contribution in [0.5, 0.6) is 0 Å². The first-order chi connectivity index (χ1) is 8.86. The summed E-state index contributed by atoms with van der Waals surface area (Å²) in [6.07, 6.45) is 1.25. The largest absolute Gasteiger partial charge is 0.330 e. The van der Waals surface area contributed by atoms with Crippen LogP contribution >= 0.6 is 12.4 Å². The average molecular weight is 277 g/mol. The second-order valence-electron chi connectivity index (χ2n) is 5.26. The molecule has 2 N–H and O–H groups in total. The van der Waals surface area contributed by atoms with Crippen molar-refractivity contribution in [2.75, 3.05) is 19.6 Å². The van der Waals surface area contributed by atoms with Gasteiger partial charge in [0.15, 0.2) is 0 Å². The lowest BCUT2D eigenvalue weighted by Gasteiger charge is -2.17. The minimum Gasteiger partial charge on any atom is -0.330 e. The molecule has 2 aromatic carbocycles. The standard InChI is InChI=1S/C16H20N2.ClH/c17-10-13-8-9-18(11-13)12-15-6-3-5-14-4-1-2-7-16(14)15;/h1-7,13H,8-12,17H2;1H. The van der Waals surface area contributed by atoms with E-state index in [1.165, 1.54) is 29.3 Å². The Morgan fingerprint density at radius 3 is 2.68 bits per heavy atom. The molecule has 1 unspecified atom stereocenters. The maximum Gasteiger partial charge on any atom is 0.0240 e. The molecule has 0 radical (unpaired) electrons. The quantitative estimate of drug-likeness (QED) is 0.934. The third-order valence-corrected chi connectivity index (χ3v) is 3.98. The number of nitrogens with zero attached hydrogens (tertiary/aromatic N) is 1. The first-order valence-corrected chi connectivity index (χ1v) is 6.76. The van der Waals surface area contributed by atoms with Crippen molar-refractivity contribution in [3.8, 4) is 0 Å². The highest BCUT2D eigenvalue weighted by Gasteiger charge is 2.21. The topological polar surface area (TPSA) is 29.3 Å². The van der Waals surface area contributed by atoms with Crippen molar-refractivity contribution in [1.29, 1.82) is 0 Å². The lowest BCUT2D eigenvalue weighted by atomic mass is 10.0. The molecule has 1 aliphatic rings. The van der Waals surface area contributed by atoms with Gasteiger partial charge in [0.1, 0.15) is 0 Å². The molecule has 102 valence electrons. The molecule has 1 heterocycles. The van der Waals surface area contributed by atoms with Gasteiger partial charge in [-0.1, -0.05) is 42.5 Å². The summed E-state index contributed by atoms with van der Waals surface area (Å²) >= 11 is 0. The van der Waals surface area contributed by atoms with Crippen molar-refractivity contribution in [2.24, 2.45) is 11.7 Å². The first-order valence-electron chi connectivity index (χ1n) is 6.76. The Bertz CT molecular complexity index is 536. The molecule has 2 aromatic rings. The molecule has 19 heavy (non-hydrogen) atoms. The van der Waals surface area contributed by atoms with E-state index >= 15 is 0 Å². The Kier molecular flexibility index (Phi) is 4.81. The van der Waals surface area contributed by atoms with Crippen molar-refractivity contribution in [3.05, 3.63) is 48.0 Å². The van der Waals surface area contributed by atoms with Gasteiger partial charge < -0.3 is 5.73 Å². The second-order valence-corrected chi connectivity index (χ2v) is 5.26. The molecule has 0 amide bonds. The van der Waals surface area contributed by atoms with E-state index in [1.54, 1.807) is 0 Å². The third-order valence-electron chi connectivity index (χ3n) is 3.98. The zero-order valence-electron chi connectivity index (χ0n) is 11.1. The van der Waals surface area contributed by atoms with Crippen LogP contribution in [0, 0.1) is 5.92 Å². The number of nitrogens with two attached hydrogens (primary N) is 1. The van der Waals surface area contributed by atoms with E-state index in [2.05, 4.69) is 47.4 Å². The van der Waals surface area contributed by atoms with Crippen LogP contribution < -0.4 is 5.73 Å². The number of benzene rings is 2. The maximum absolute atomic E-state index is 5.75. The SMILES string of the molecule is Cl.NCC1CCN(Cc2cccc3ccccc23)C1. The molecule has 0 aliphatic carbocycles. The van der Waals surface area contributed by atoms with Gasteiger partial charge in [-0.15, -0.1) is 12.4 Å². The van der Waals surface area contributed by atoms with Crippen molar-refractivity contribution >= 4 is 23.2 Å². The van der Waals surface area contributed by atoms with E-state index in [-0.39, 0.29) is 12.4 Å². The highest BCUT2D eigenvalue weighted by Crippen LogP contribution is 2.23. The molecule has 0 bridgehead atoms. The zero-order chi connectivity index (χ0) is 12.4. The fourth-order valence-corrected chi connectivity index (χ4v) is 2.92. The van der Waals surface area contributed by atoms with Gasteiger partial charge in [-0.05, 0) is 41.8 Å². The molecule has 1 atom stereocenters. The fourth-order valence-electron chi connectivity index (χ4n) is 2.92. The summed E-state index contributed by atoms with van der Waals surface area (Å²) in [5.41, 5.74) is 7.19. The lowest BCUT2D eigenvalue weighted by molar-refractivity contribution is 0.319. The van der Waals surface area contributed by atoms with Crippen LogP contribution in [0.2, 0.25) is 0 Å². The smallest absolute Gasteiger partial charge is 0.0240 e. The molecular weight excluding hydrogens is 256 g/mol. The number of hydrogen-bond donors (Lipinski definition) is 1. The van der Waals surface area contributed by atoms with Crippen LogP contribution in [0.4, 0.5) is 0 Å². The van der Waals surface area contributed by atoms with Crippen molar-refractivity contribution in [1.82, 2.24) is 4.90 Å². The second kappa shape index (κ2) is 6.38. The van der Waals surface area contributed by atoms with Crippen LogP contribution in [0.3, 0.4) is 0 Å². The molecule has 0 spiro atoms. The van der Waals surface area contributed by atoms with Crippen LogP contribution in [0.25, 0.3) is 10.8 Å². The van der Waals surface area contributed by atoms with Gasteiger partial charge in [0.25, 0.3) is 0 Å². The summed E-state index contributed by atoms with van der Waals surface area (Å²) in [4.78, 5) is 2.53. The summed E-state index contributed by atoms with van der Waals surface area (Å²) in [5.74, 6) is 0.694. The molecule has 1 saturated heterocycles. The number of rotatable bonds is 3. The van der Waals surface area contributed by atoms with E-state index in [1.807, 2.05) is 0 Å². The highest BCUT2D eigenvalue weighted by atomic mass is 35.5. The zero-order valence-corrected chi connectivity index (χ0v) is 11.9. The Morgan fingerprint density at radius 2 is 1.89 bits per heavy atom. The first kappa shape index (κ1) is 14.3. The number of likely N-dealkylation sites (tertiary alicyclic amines) is 1. The Balaban J connectivity index is 0.00000133. The summed E-state index contributed by atoms with van der Waals surface area (Å²) in [6, 6.07) is 15.2. The highest BCUT2D eigenvalue weighted by molar-refractivity contribution is 5.85. The minimum absolute atomic E-state index is 0. The van der Waals surface area contributed by atoms with Gasteiger partial charge in [-0.25, -0.2) is 0 Å². The third kappa shape index (κ3) is 3.08. The lowest BCUT2D eigenvalue weighted by Crippen LogP contribution is -2.22. The van der Waals surface area contributed by atoms with Gasteiger partial charge in [-0.2, -0.15) is 0 Å². The predicted octanol–water partition coefficient (Wildman–Crippen LogP) is 3.04. The Morgan fingerprint density at radius 1 is 1.11 bits per heavy atom. The number of halogens is 1. The fraction of sp³-hybridized carbons (Fsp3) is 0.375. The van der Waals surface area contributed by atoms with Gasteiger partial charge in [0.05, 0.1) is 0 Å². The van der Waals surface area contributed by atoms with E-state index in [0.29, 0.717) is 5.92 Å². The van der Waals surface area contributed by atoms with Crippen molar-refractivity contribution < 1.29 is 0 Å². The summed E-state index contributed by atoms with van der Waals surface area (Å²) in [7, 11) is 0. The van der Waals surface area contributed by atoms with Crippen molar-refractivity contribution in [3.63, 3.8) is 0 Å². The summed E-state index contributed by atoms with van der Waals surface area (Å²) in [5, 5.41) is 2.72. The molecule has 0 aromatic heterocycles. The van der Waals surface area contributed by atoms with Crippen LogP contribution in [0.15, 0.2) is 42.5 Å². The summed E-state index contributed by atoms with van der Waals surface area (Å²) in [6.45, 7) is 4.22. The van der Waals surface area contributed by atoms with Crippen LogP contribution in [-0.4, -0.2) is 24.5 Å². The average Bonchev–Trinajstić information content (AvgIpc) is 2.87. The number of hydrogen-bond acceptors (Lipinski definition) is 2. The van der Waals surface area contributed by atoms with Gasteiger partial charge in [0.2, 0.25) is 0 Å². The van der Waals surface area contributed by atoms with Gasteiger partial charge in [-0.3, -0.25) is 4.90 Å². The van der Waals surface area contributed by atoms with Gasteiger partial charge in [0, 0.05) is 13.1 Å². The Hall–Kier alpha value is -1.09. The van der Waals surface area contributed by atoms with Crippen LogP contribution in [0.1, 0.15) is 12.0 Å². The normalized spacial score (nSPS) is 19.5. The molecule has 1 fully saturated rings. The molecule has 3 rings (SSSR count). The molecule has 2 nitrogen and oxygen atoms in total. The van der Waals surface area contributed by atoms with E-state index in [0.717, 1.165) is 19.6 Å². The minimum atomic E-state index is 0. The summed E-state index contributed by atoms with van der Waals surface area (Å²) < 4.78 is 0.